The number of aromatic nitrogens is 1. The van der Waals surface area contributed by atoms with Crippen LogP contribution in [0.25, 0.3) is 10.9 Å². The third-order valence-corrected chi connectivity index (χ3v) is 4.76. The minimum Gasteiger partial charge on any atom is -0.361 e. The third kappa shape index (κ3) is 2.93. The molecular weight excluding hydrogens is 324 g/mol. The van der Waals surface area contributed by atoms with Crippen molar-refractivity contribution >= 4 is 51.7 Å². The van der Waals surface area contributed by atoms with Gasteiger partial charge in [0.1, 0.15) is 0 Å². The Labute approximate surface area is 142 Å². The lowest BCUT2D eigenvalue weighted by Crippen LogP contribution is -2.21. The zero-order valence-electron chi connectivity index (χ0n) is 12.6. The van der Waals surface area contributed by atoms with E-state index in [0.29, 0.717) is 17.1 Å². The molecule has 0 spiro atoms. The van der Waals surface area contributed by atoms with Crippen molar-refractivity contribution in [3.63, 3.8) is 0 Å². The Kier molecular flexibility index (Phi) is 3.62. The van der Waals surface area contributed by atoms with Gasteiger partial charge in [0.05, 0.1) is 11.4 Å². The van der Waals surface area contributed by atoms with Gasteiger partial charge in [-0.3, -0.25) is 4.79 Å². The SMILES string of the molecule is O=C1CSc2ccc(NC(=O)Nc3ccc4cc[nH]c4c3)cc2N1. The highest BCUT2D eigenvalue weighted by Gasteiger charge is 2.16. The Morgan fingerprint density at radius 1 is 1.04 bits per heavy atom. The molecule has 1 aliphatic rings. The first-order chi connectivity index (χ1) is 11.7. The number of H-pyrrole nitrogens is 1. The Hall–Kier alpha value is -2.93. The summed E-state index contributed by atoms with van der Waals surface area (Å²) in [6, 6.07) is 12.8. The summed E-state index contributed by atoms with van der Waals surface area (Å²) in [4.78, 5) is 27.7. The number of hydrogen-bond acceptors (Lipinski definition) is 3. The average Bonchev–Trinajstić information content (AvgIpc) is 3.02. The van der Waals surface area contributed by atoms with Crippen LogP contribution in [0.3, 0.4) is 0 Å². The van der Waals surface area contributed by atoms with Crippen LogP contribution < -0.4 is 16.0 Å². The van der Waals surface area contributed by atoms with E-state index in [1.54, 1.807) is 6.07 Å². The summed E-state index contributed by atoms with van der Waals surface area (Å²) >= 11 is 1.49. The molecular formula is C17H14N4O2S. The van der Waals surface area contributed by atoms with Crippen molar-refractivity contribution < 1.29 is 9.59 Å². The number of anilines is 3. The van der Waals surface area contributed by atoms with Gasteiger partial charge in [-0.2, -0.15) is 0 Å². The zero-order valence-corrected chi connectivity index (χ0v) is 13.4. The maximum Gasteiger partial charge on any atom is 0.323 e. The van der Waals surface area contributed by atoms with E-state index in [-0.39, 0.29) is 11.9 Å². The number of carbonyl (C=O) groups excluding carboxylic acids is 2. The molecule has 3 amide bonds. The van der Waals surface area contributed by atoms with E-state index >= 15 is 0 Å². The number of carbonyl (C=O) groups is 2. The molecule has 1 aromatic heterocycles. The van der Waals surface area contributed by atoms with Crippen molar-refractivity contribution in [2.24, 2.45) is 0 Å². The second-order valence-corrected chi connectivity index (χ2v) is 6.42. The van der Waals surface area contributed by atoms with E-state index in [2.05, 4.69) is 20.9 Å². The van der Waals surface area contributed by atoms with Crippen LogP contribution in [-0.2, 0) is 4.79 Å². The standard InChI is InChI=1S/C17H14N4O2S/c22-16-9-24-15-4-3-12(8-14(15)21-16)20-17(23)19-11-2-1-10-5-6-18-13(10)7-11/h1-8,18H,9H2,(H,21,22)(H2,19,20,23). The van der Waals surface area contributed by atoms with Gasteiger partial charge in [-0.1, -0.05) is 6.07 Å². The van der Waals surface area contributed by atoms with Gasteiger partial charge in [-0.15, -0.1) is 11.8 Å². The molecule has 0 bridgehead atoms. The molecule has 1 aliphatic heterocycles. The second kappa shape index (κ2) is 5.93. The molecule has 0 radical (unpaired) electrons. The number of benzene rings is 2. The molecule has 2 heterocycles. The molecule has 0 saturated heterocycles. The van der Waals surface area contributed by atoms with E-state index in [0.717, 1.165) is 21.5 Å². The summed E-state index contributed by atoms with van der Waals surface area (Å²) in [5.41, 5.74) is 3.00. The first-order valence-electron chi connectivity index (χ1n) is 7.39. The summed E-state index contributed by atoms with van der Waals surface area (Å²) in [5, 5.41) is 9.47. The van der Waals surface area contributed by atoms with E-state index in [4.69, 9.17) is 0 Å². The van der Waals surface area contributed by atoms with Crippen LogP contribution in [0.5, 0.6) is 0 Å². The summed E-state index contributed by atoms with van der Waals surface area (Å²) < 4.78 is 0. The van der Waals surface area contributed by atoms with Crippen LogP contribution in [-0.4, -0.2) is 22.7 Å². The van der Waals surface area contributed by atoms with Gasteiger partial charge in [0.25, 0.3) is 0 Å². The summed E-state index contributed by atoms with van der Waals surface area (Å²) in [6.07, 6.45) is 1.86. The maximum atomic E-state index is 12.2. The first kappa shape index (κ1) is 14.6. The van der Waals surface area contributed by atoms with Crippen molar-refractivity contribution in [1.82, 2.24) is 4.98 Å². The average molecular weight is 338 g/mol. The Balaban J connectivity index is 1.47. The molecule has 24 heavy (non-hydrogen) atoms. The molecule has 0 unspecified atom stereocenters. The quantitative estimate of drug-likeness (QED) is 0.572. The second-order valence-electron chi connectivity index (χ2n) is 5.41. The van der Waals surface area contributed by atoms with E-state index in [9.17, 15) is 9.59 Å². The number of amides is 3. The van der Waals surface area contributed by atoms with Gasteiger partial charge in [0, 0.05) is 28.0 Å². The number of urea groups is 1. The van der Waals surface area contributed by atoms with E-state index in [1.165, 1.54) is 11.8 Å². The van der Waals surface area contributed by atoms with E-state index in [1.807, 2.05) is 42.6 Å². The fourth-order valence-corrected chi connectivity index (χ4v) is 3.37. The lowest BCUT2D eigenvalue weighted by molar-refractivity contribution is -0.113. The minimum absolute atomic E-state index is 0.0339. The van der Waals surface area contributed by atoms with Gasteiger partial charge in [-0.05, 0) is 41.8 Å². The van der Waals surface area contributed by atoms with Crippen LogP contribution in [0, 0.1) is 0 Å². The molecule has 0 atom stereocenters. The van der Waals surface area contributed by atoms with Crippen molar-refractivity contribution in [3.05, 3.63) is 48.7 Å². The molecule has 6 nitrogen and oxygen atoms in total. The van der Waals surface area contributed by atoms with E-state index < -0.39 is 0 Å². The molecule has 3 aromatic rings. The molecule has 4 rings (SSSR count). The van der Waals surface area contributed by atoms with Crippen molar-refractivity contribution in [1.29, 1.82) is 0 Å². The van der Waals surface area contributed by atoms with Crippen molar-refractivity contribution in [2.75, 3.05) is 21.7 Å². The van der Waals surface area contributed by atoms with Crippen LogP contribution in [0.15, 0.2) is 53.6 Å². The number of thioether (sulfide) groups is 1. The lowest BCUT2D eigenvalue weighted by atomic mass is 10.2. The summed E-state index contributed by atoms with van der Waals surface area (Å²) in [5.74, 6) is 0.384. The van der Waals surface area contributed by atoms with Crippen LogP contribution in [0.4, 0.5) is 21.9 Å². The van der Waals surface area contributed by atoms with Gasteiger partial charge in [-0.25, -0.2) is 4.79 Å². The molecule has 4 N–H and O–H groups in total. The topological polar surface area (TPSA) is 86.0 Å². The Morgan fingerprint density at radius 3 is 2.71 bits per heavy atom. The molecule has 0 aliphatic carbocycles. The molecule has 0 fully saturated rings. The van der Waals surface area contributed by atoms with Crippen LogP contribution in [0.1, 0.15) is 0 Å². The Morgan fingerprint density at radius 2 is 1.83 bits per heavy atom. The number of hydrogen-bond donors (Lipinski definition) is 4. The van der Waals surface area contributed by atoms with Crippen molar-refractivity contribution in [2.45, 2.75) is 4.90 Å². The highest BCUT2D eigenvalue weighted by molar-refractivity contribution is 8.00. The smallest absolute Gasteiger partial charge is 0.323 e. The van der Waals surface area contributed by atoms with Crippen LogP contribution in [0.2, 0.25) is 0 Å². The first-order valence-corrected chi connectivity index (χ1v) is 8.38. The zero-order chi connectivity index (χ0) is 16.5. The number of nitrogens with one attached hydrogen (secondary N) is 4. The predicted octanol–water partition coefficient (Wildman–Crippen LogP) is 3.86. The van der Waals surface area contributed by atoms with Gasteiger partial charge in [0.15, 0.2) is 0 Å². The highest BCUT2D eigenvalue weighted by Crippen LogP contribution is 2.33. The monoisotopic (exact) mass is 338 g/mol. The summed E-state index contributed by atoms with van der Waals surface area (Å²) in [7, 11) is 0. The van der Waals surface area contributed by atoms with Crippen LogP contribution >= 0.6 is 11.8 Å². The fraction of sp³-hybridized carbons (Fsp3) is 0.0588. The lowest BCUT2D eigenvalue weighted by Gasteiger charge is -2.17. The number of rotatable bonds is 2. The number of aromatic amines is 1. The molecule has 2 aromatic carbocycles. The Bertz CT molecular complexity index is 951. The van der Waals surface area contributed by atoms with Gasteiger partial charge in [0.2, 0.25) is 5.91 Å². The predicted molar refractivity (Wildman–Crippen MR) is 96.7 cm³/mol. The minimum atomic E-state index is -0.337. The normalized spacial score (nSPS) is 13.2. The van der Waals surface area contributed by atoms with Gasteiger partial charge >= 0.3 is 6.03 Å². The number of fused-ring (bicyclic) bond motifs is 2. The molecule has 120 valence electrons. The third-order valence-electron chi connectivity index (χ3n) is 3.68. The fourth-order valence-electron chi connectivity index (χ4n) is 2.58. The summed E-state index contributed by atoms with van der Waals surface area (Å²) in [6.45, 7) is 0. The highest BCUT2D eigenvalue weighted by atomic mass is 32.2. The molecule has 0 saturated carbocycles. The largest absolute Gasteiger partial charge is 0.361 e. The maximum absolute atomic E-state index is 12.2. The van der Waals surface area contributed by atoms with Gasteiger partial charge < -0.3 is 20.9 Å². The molecule has 7 heteroatoms. The van der Waals surface area contributed by atoms with Crippen molar-refractivity contribution in [3.8, 4) is 0 Å².